The SMILES string of the molecule is CC(C)(C)N(CC(=O)Nc1nccs1)C(=O)C1CCCC1. The van der Waals surface area contributed by atoms with E-state index < -0.39 is 0 Å². The zero-order valence-electron chi connectivity index (χ0n) is 12.9. The molecule has 2 amide bonds. The number of nitrogens with one attached hydrogen (secondary N) is 1. The van der Waals surface area contributed by atoms with Gasteiger partial charge in [0.1, 0.15) is 6.54 Å². The highest BCUT2D eigenvalue weighted by molar-refractivity contribution is 7.13. The fourth-order valence-corrected chi connectivity index (χ4v) is 3.17. The molecule has 0 unspecified atom stereocenters. The third kappa shape index (κ3) is 4.27. The third-order valence-electron chi connectivity index (χ3n) is 3.76. The lowest BCUT2D eigenvalue weighted by molar-refractivity contribution is -0.143. The summed E-state index contributed by atoms with van der Waals surface area (Å²) >= 11 is 1.37. The van der Waals surface area contributed by atoms with Crippen LogP contribution in [0.4, 0.5) is 5.13 Å². The fourth-order valence-electron chi connectivity index (χ4n) is 2.63. The van der Waals surface area contributed by atoms with Crippen molar-refractivity contribution >= 4 is 28.3 Å². The van der Waals surface area contributed by atoms with Gasteiger partial charge >= 0.3 is 0 Å². The Balaban J connectivity index is 2.02. The van der Waals surface area contributed by atoms with Crippen molar-refractivity contribution in [3.05, 3.63) is 11.6 Å². The van der Waals surface area contributed by atoms with Gasteiger partial charge in [0.15, 0.2) is 5.13 Å². The van der Waals surface area contributed by atoms with E-state index in [2.05, 4.69) is 10.3 Å². The van der Waals surface area contributed by atoms with Crippen molar-refractivity contribution in [2.75, 3.05) is 11.9 Å². The van der Waals surface area contributed by atoms with Crippen LogP contribution < -0.4 is 5.32 Å². The van der Waals surface area contributed by atoms with Gasteiger partial charge in [0, 0.05) is 23.0 Å². The van der Waals surface area contributed by atoms with Crippen molar-refractivity contribution in [1.29, 1.82) is 0 Å². The molecule has 0 radical (unpaired) electrons. The van der Waals surface area contributed by atoms with E-state index in [9.17, 15) is 9.59 Å². The Hall–Kier alpha value is -1.43. The monoisotopic (exact) mass is 309 g/mol. The molecule has 0 saturated heterocycles. The van der Waals surface area contributed by atoms with Crippen LogP contribution in [-0.4, -0.2) is 33.8 Å². The van der Waals surface area contributed by atoms with Gasteiger partial charge in [-0.25, -0.2) is 4.98 Å². The molecule has 1 fully saturated rings. The predicted octanol–water partition coefficient (Wildman–Crippen LogP) is 2.90. The number of amides is 2. The molecule has 0 aromatic carbocycles. The van der Waals surface area contributed by atoms with Crippen molar-refractivity contribution < 1.29 is 9.59 Å². The molecule has 6 heteroatoms. The molecular weight excluding hydrogens is 286 g/mol. The molecule has 5 nitrogen and oxygen atoms in total. The summed E-state index contributed by atoms with van der Waals surface area (Å²) in [7, 11) is 0. The summed E-state index contributed by atoms with van der Waals surface area (Å²) in [6.07, 6.45) is 5.75. The largest absolute Gasteiger partial charge is 0.328 e. The quantitative estimate of drug-likeness (QED) is 0.930. The topological polar surface area (TPSA) is 62.3 Å². The molecule has 1 N–H and O–H groups in total. The molecule has 21 heavy (non-hydrogen) atoms. The molecule has 1 heterocycles. The van der Waals surface area contributed by atoms with Gasteiger partial charge in [-0.15, -0.1) is 11.3 Å². The van der Waals surface area contributed by atoms with Crippen LogP contribution in [0.1, 0.15) is 46.5 Å². The van der Waals surface area contributed by atoms with Crippen LogP contribution in [0.15, 0.2) is 11.6 Å². The maximum Gasteiger partial charge on any atom is 0.245 e. The number of thiazole rings is 1. The van der Waals surface area contributed by atoms with Crippen LogP contribution in [0.3, 0.4) is 0 Å². The van der Waals surface area contributed by atoms with E-state index in [1.807, 2.05) is 20.8 Å². The van der Waals surface area contributed by atoms with Gasteiger partial charge < -0.3 is 10.2 Å². The highest BCUT2D eigenvalue weighted by Gasteiger charge is 2.34. The molecule has 0 aliphatic heterocycles. The minimum absolute atomic E-state index is 0.0805. The average molecular weight is 309 g/mol. The van der Waals surface area contributed by atoms with Crippen molar-refractivity contribution in [2.45, 2.75) is 52.0 Å². The summed E-state index contributed by atoms with van der Waals surface area (Å²) in [6.45, 7) is 5.99. The maximum absolute atomic E-state index is 12.7. The second-order valence-corrected chi connectivity index (χ2v) is 7.36. The predicted molar refractivity (Wildman–Crippen MR) is 84.2 cm³/mol. The Kier molecular flexibility index (Phi) is 4.98. The lowest BCUT2D eigenvalue weighted by Gasteiger charge is -2.36. The number of hydrogen-bond acceptors (Lipinski definition) is 4. The lowest BCUT2D eigenvalue weighted by Crippen LogP contribution is -2.51. The van der Waals surface area contributed by atoms with Crippen LogP contribution in [0.5, 0.6) is 0 Å². The van der Waals surface area contributed by atoms with E-state index in [-0.39, 0.29) is 29.8 Å². The molecule has 0 bridgehead atoms. The van der Waals surface area contributed by atoms with Gasteiger partial charge in [0.05, 0.1) is 0 Å². The number of rotatable bonds is 4. The second kappa shape index (κ2) is 6.56. The number of nitrogens with zero attached hydrogens (tertiary/aromatic N) is 2. The van der Waals surface area contributed by atoms with Crippen molar-refractivity contribution in [3.63, 3.8) is 0 Å². The Morgan fingerprint density at radius 2 is 2.05 bits per heavy atom. The summed E-state index contributed by atoms with van der Waals surface area (Å²) < 4.78 is 0. The minimum Gasteiger partial charge on any atom is -0.328 e. The van der Waals surface area contributed by atoms with Crippen LogP contribution >= 0.6 is 11.3 Å². The molecule has 0 spiro atoms. The van der Waals surface area contributed by atoms with E-state index >= 15 is 0 Å². The molecule has 1 aromatic rings. The van der Waals surface area contributed by atoms with Gasteiger partial charge in [-0.1, -0.05) is 12.8 Å². The molecule has 0 atom stereocenters. The maximum atomic E-state index is 12.7. The van der Waals surface area contributed by atoms with Gasteiger partial charge in [0.25, 0.3) is 0 Å². The number of aromatic nitrogens is 1. The standard InChI is InChI=1S/C15H23N3O2S/c1-15(2,3)18(13(20)11-6-4-5-7-11)10-12(19)17-14-16-8-9-21-14/h8-9,11H,4-7,10H2,1-3H3,(H,16,17,19). The highest BCUT2D eigenvalue weighted by Crippen LogP contribution is 2.29. The second-order valence-electron chi connectivity index (χ2n) is 6.46. The first kappa shape index (κ1) is 15.9. The Bertz CT molecular complexity index is 488. The molecule has 1 aliphatic carbocycles. The van der Waals surface area contributed by atoms with E-state index in [1.54, 1.807) is 16.5 Å². The van der Waals surface area contributed by atoms with Crippen LogP contribution in [-0.2, 0) is 9.59 Å². The number of carbonyl (C=O) groups excluding carboxylic acids is 2. The summed E-state index contributed by atoms with van der Waals surface area (Å²) in [5.41, 5.74) is -0.361. The molecule has 1 aromatic heterocycles. The highest BCUT2D eigenvalue weighted by atomic mass is 32.1. The molecule has 1 saturated carbocycles. The Morgan fingerprint density at radius 3 is 2.57 bits per heavy atom. The van der Waals surface area contributed by atoms with Gasteiger partial charge in [-0.05, 0) is 33.6 Å². The number of carbonyl (C=O) groups is 2. The number of hydrogen-bond donors (Lipinski definition) is 1. The number of anilines is 1. The van der Waals surface area contributed by atoms with E-state index in [0.29, 0.717) is 5.13 Å². The fraction of sp³-hybridized carbons (Fsp3) is 0.667. The summed E-state index contributed by atoms with van der Waals surface area (Å²) in [6, 6.07) is 0. The third-order valence-corrected chi connectivity index (χ3v) is 4.45. The summed E-state index contributed by atoms with van der Waals surface area (Å²) in [5.74, 6) is -0.00241. The molecular formula is C15H23N3O2S. The smallest absolute Gasteiger partial charge is 0.245 e. The molecule has 1 aliphatic rings. The first-order valence-corrected chi connectivity index (χ1v) is 8.27. The van der Waals surface area contributed by atoms with E-state index in [1.165, 1.54) is 11.3 Å². The average Bonchev–Trinajstić information content (AvgIpc) is 3.06. The summed E-state index contributed by atoms with van der Waals surface area (Å²) in [4.78, 5) is 30.5. The van der Waals surface area contributed by atoms with Crippen molar-refractivity contribution in [3.8, 4) is 0 Å². The Morgan fingerprint density at radius 1 is 1.38 bits per heavy atom. The minimum atomic E-state index is -0.361. The zero-order chi connectivity index (χ0) is 15.5. The lowest BCUT2D eigenvalue weighted by atomic mass is 10.00. The van der Waals surface area contributed by atoms with Crippen LogP contribution in [0.2, 0.25) is 0 Å². The zero-order valence-corrected chi connectivity index (χ0v) is 13.7. The van der Waals surface area contributed by atoms with Crippen molar-refractivity contribution in [2.24, 2.45) is 5.92 Å². The normalized spacial score (nSPS) is 16.0. The molecule has 116 valence electrons. The van der Waals surface area contributed by atoms with E-state index in [0.717, 1.165) is 25.7 Å². The first-order valence-electron chi connectivity index (χ1n) is 7.39. The van der Waals surface area contributed by atoms with Crippen LogP contribution in [0.25, 0.3) is 0 Å². The van der Waals surface area contributed by atoms with E-state index in [4.69, 9.17) is 0 Å². The van der Waals surface area contributed by atoms with Gasteiger partial charge in [-0.2, -0.15) is 0 Å². The summed E-state index contributed by atoms with van der Waals surface area (Å²) in [5, 5.41) is 5.12. The first-order chi connectivity index (χ1) is 9.88. The van der Waals surface area contributed by atoms with Gasteiger partial charge in [-0.3, -0.25) is 9.59 Å². The van der Waals surface area contributed by atoms with Crippen LogP contribution in [0, 0.1) is 5.92 Å². The Labute approximate surface area is 129 Å². The molecule has 2 rings (SSSR count). The van der Waals surface area contributed by atoms with Crippen molar-refractivity contribution in [1.82, 2.24) is 9.88 Å². The van der Waals surface area contributed by atoms with Gasteiger partial charge in [0.2, 0.25) is 11.8 Å².